The highest BCUT2D eigenvalue weighted by atomic mass is 32.1. The molecular weight excluding hydrogens is 388 g/mol. The molecule has 0 unspecified atom stereocenters. The van der Waals surface area contributed by atoms with Crippen LogP contribution in [0.1, 0.15) is 62.6 Å². The van der Waals surface area contributed by atoms with E-state index in [1.54, 1.807) is 13.0 Å². The van der Waals surface area contributed by atoms with Crippen molar-refractivity contribution in [3.8, 4) is 0 Å². The first-order valence-corrected chi connectivity index (χ1v) is 10.6. The number of benzene rings is 1. The van der Waals surface area contributed by atoms with E-state index in [0.29, 0.717) is 22.0 Å². The van der Waals surface area contributed by atoms with Crippen LogP contribution in [-0.2, 0) is 17.6 Å². The van der Waals surface area contributed by atoms with Gasteiger partial charge < -0.3 is 10.1 Å². The van der Waals surface area contributed by atoms with Crippen molar-refractivity contribution in [2.45, 2.75) is 47.0 Å². The maximum atomic E-state index is 12.9. The number of carbonyl (C=O) groups excluding carboxylic acids is 3. The maximum Gasteiger partial charge on any atom is 0.414 e. The van der Waals surface area contributed by atoms with Gasteiger partial charge in [0.25, 0.3) is 11.8 Å². The standard InChI is InChI=1S/C22H26N2O4S/c1-5-28-22(27)24-20(26)18-16-9-7-13(3)11-17(16)29-21(18)23-19(25)15-8-6-12(2)10-14(15)4/h6,8,10,13H,5,7,9,11H2,1-4H3,(H,23,25)(H,24,26,27)/t13-/m0/s1. The molecule has 3 rings (SSSR count). The molecule has 0 bridgehead atoms. The number of ether oxygens (including phenoxy) is 1. The fraction of sp³-hybridized carbons (Fsp3) is 0.409. The summed E-state index contributed by atoms with van der Waals surface area (Å²) in [4.78, 5) is 38.6. The number of aryl methyl sites for hydroxylation is 2. The molecule has 0 saturated heterocycles. The first-order valence-electron chi connectivity index (χ1n) is 9.81. The highest BCUT2D eigenvalue weighted by molar-refractivity contribution is 7.17. The Morgan fingerprint density at radius 3 is 2.66 bits per heavy atom. The average Bonchev–Trinajstić information content (AvgIpc) is 2.98. The number of fused-ring (bicyclic) bond motifs is 1. The Morgan fingerprint density at radius 1 is 1.21 bits per heavy atom. The van der Waals surface area contributed by atoms with Crippen LogP contribution in [0.25, 0.3) is 0 Å². The van der Waals surface area contributed by atoms with Crippen LogP contribution in [0.4, 0.5) is 9.80 Å². The monoisotopic (exact) mass is 414 g/mol. The molecule has 1 heterocycles. The molecule has 2 N–H and O–H groups in total. The Balaban J connectivity index is 1.93. The zero-order valence-electron chi connectivity index (χ0n) is 17.2. The Bertz CT molecular complexity index is 964. The van der Waals surface area contributed by atoms with Crippen LogP contribution < -0.4 is 10.6 Å². The summed E-state index contributed by atoms with van der Waals surface area (Å²) in [5, 5.41) is 5.67. The van der Waals surface area contributed by atoms with Gasteiger partial charge in [-0.2, -0.15) is 0 Å². The summed E-state index contributed by atoms with van der Waals surface area (Å²) < 4.78 is 4.83. The molecule has 1 atom stereocenters. The first-order chi connectivity index (χ1) is 13.8. The predicted molar refractivity (Wildman–Crippen MR) is 114 cm³/mol. The molecule has 7 heteroatoms. The summed E-state index contributed by atoms with van der Waals surface area (Å²) in [7, 11) is 0. The third-order valence-electron chi connectivity index (χ3n) is 5.08. The van der Waals surface area contributed by atoms with Gasteiger partial charge in [0.05, 0.1) is 12.2 Å². The van der Waals surface area contributed by atoms with Crippen LogP contribution in [0.15, 0.2) is 18.2 Å². The summed E-state index contributed by atoms with van der Waals surface area (Å²) in [6.07, 6.45) is 1.79. The highest BCUT2D eigenvalue weighted by Crippen LogP contribution is 2.40. The van der Waals surface area contributed by atoms with Crippen molar-refractivity contribution in [3.63, 3.8) is 0 Å². The average molecular weight is 415 g/mol. The number of anilines is 1. The van der Waals surface area contributed by atoms with Crippen LogP contribution in [0, 0.1) is 19.8 Å². The van der Waals surface area contributed by atoms with Gasteiger partial charge >= 0.3 is 6.09 Å². The molecule has 0 fully saturated rings. The second kappa shape index (κ2) is 8.78. The SMILES string of the molecule is CCOC(=O)NC(=O)c1c(NC(=O)c2ccc(C)cc2C)sc2c1CC[C@H](C)C2. The minimum Gasteiger partial charge on any atom is -0.450 e. The van der Waals surface area contributed by atoms with E-state index in [1.165, 1.54) is 11.3 Å². The normalized spacial score (nSPS) is 15.4. The zero-order valence-corrected chi connectivity index (χ0v) is 18.0. The van der Waals surface area contributed by atoms with Crippen molar-refractivity contribution in [1.29, 1.82) is 0 Å². The molecule has 6 nitrogen and oxygen atoms in total. The molecule has 3 amide bonds. The second-order valence-electron chi connectivity index (χ2n) is 7.50. The maximum absolute atomic E-state index is 12.9. The molecule has 0 aliphatic heterocycles. The van der Waals surface area contributed by atoms with E-state index in [-0.39, 0.29) is 12.5 Å². The van der Waals surface area contributed by atoms with Gasteiger partial charge in [-0.05, 0) is 63.1 Å². The lowest BCUT2D eigenvalue weighted by Gasteiger charge is -2.18. The van der Waals surface area contributed by atoms with Crippen LogP contribution in [0.3, 0.4) is 0 Å². The molecule has 2 aromatic rings. The quantitative estimate of drug-likeness (QED) is 0.764. The Kier molecular flexibility index (Phi) is 6.37. The van der Waals surface area contributed by atoms with Gasteiger partial charge in [-0.25, -0.2) is 4.79 Å². The number of rotatable bonds is 4. The lowest BCUT2D eigenvalue weighted by atomic mass is 9.88. The molecule has 0 saturated carbocycles. The van der Waals surface area contributed by atoms with Gasteiger partial charge in [-0.1, -0.05) is 24.6 Å². The van der Waals surface area contributed by atoms with Crippen molar-refractivity contribution in [2.24, 2.45) is 5.92 Å². The molecule has 29 heavy (non-hydrogen) atoms. The van der Waals surface area contributed by atoms with Gasteiger partial charge in [-0.3, -0.25) is 14.9 Å². The van der Waals surface area contributed by atoms with Gasteiger partial charge in [0.1, 0.15) is 5.00 Å². The fourth-order valence-corrected chi connectivity index (χ4v) is 5.04. The van der Waals surface area contributed by atoms with E-state index in [0.717, 1.165) is 40.8 Å². The van der Waals surface area contributed by atoms with Gasteiger partial charge in [0, 0.05) is 10.4 Å². The van der Waals surface area contributed by atoms with Crippen molar-refractivity contribution in [1.82, 2.24) is 5.32 Å². The van der Waals surface area contributed by atoms with Crippen LogP contribution in [0.5, 0.6) is 0 Å². The molecular formula is C22H26N2O4S. The number of imide groups is 1. The summed E-state index contributed by atoms with van der Waals surface area (Å²) in [5.41, 5.74) is 3.81. The van der Waals surface area contributed by atoms with Crippen molar-refractivity contribution in [3.05, 3.63) is 50.9 Å². The molecule has 1 aliphatic rings. The number of thiophene rings is 1. The van der Waals surface area contributed by atoms with Gasteiger partial charge in [-0.15, -0.1) is 11.3 Å². The third-order valence-corrected chi connectivity index (χ3v) is 6.25. The van der Waals surface area contributed by atoms with E-state index < -0.39 is 12.0 Å². The van der Waals surface area contributed by atoms with Crippen LogP contribution in [0.2, 0.25) is 0 Å². The molecule has 0 radical (unpaired) electrons. The molecule has 1 aromatic heterocycles. The third kappa shape index (κ3) is 4.67. The van der Waals surface area contributed by atoms with Crippen LogP contribution >= 0.6 is 11.3 Å². The summed E-state index contributed by atoms with van der Waals surface area (Å²) >= 11 is 1.42. The number of carbonyl (C=O) groups is 3. The van der Waals surface area contributed by atoms with Crippen molar-refractivity contribution in [2.75, 3.05) is 11.9 Å². The van der Waals surface area contributed by atoms with Gasteiger partial charge in [0.15, 0.2) is 0 Å². The number of amides is 3. The van der Waals surface area contributed by atoms with Gasteiger partial charge in [0.2, 0.25) is 0 Å². The number of hydrogen-bond donors (Lipinski definition) is 2. The molecule has 1 aliphatic carbocycles. The molecule has 0 spiro atoms. The van der Waals surface area contributed by atoms with E-state index in [1.807, 2.05) is 26.0 Å². The minimum absolute atomic E-state index is 0.175. The molecule has 1 aromatic carbocycles. The predicted octanol–water partition coefficient (Wildman–Crippen LogP) is 4.63. The Morgan fingerprint density at radius 2 is 1.97 bits per heavy atom. The number of alkyl carbamates (subject to hydrolysis) is 1. The number of nitrogens with one attached hydrogen (secondary N) is 2. The smallest absolute Gasteiger partial charge is 0.414 e. The lowest BCUT2D eigenvalue weighted by Crippen LogP contribution is -2.32. The summed E-state index contributed by atoms with van der Waals surface area (Å²) in [6.45, 7) is 7.88. The summed E-state index contributed by atoms with van der Waals surface area (Å²) in [5.74, 6) is -0.282. The summed E-state index contributed by atoms with van der Waals surface area (Å²) in [6, 6.07) is 5.62. The van der Waals surface area contributed by atoms with E-state index in [4.69, 9.17) is 4.74 Å². The van der Waals surface area contributed by atoms with Crippen LogP contribution in [-0.4, -0.2) is 24.5 Å². The van der Waals surface area contributed by atoms with Crippen molar-refractivity contribution < 1.29 is 19.1 Å². The van der Waals surface area contributed by atoms with E-state index in [9.17, 15) is 14.4 Å². The Labute approximate surface area is 174 Å². The highest BCUT2D eigenvalue weighted by Gasteiger charge is 2.29. The topological polar surface area (TPSA) is 84.5 Å². The number of hydrogen-bond acceptors (Lipinski definition) is 5. The zero-order chi connectivity index (χ0) is 21.1. The Hall–Kier alpha value is -2.67. The van der Waals surface area contributed by atoms with E-state index in [2.05, 4.69) is 17.6 Å². The first kappa shape index (κ1) is 21.0. The fourth-order valence-electron chi connectivity index (χ4n) is 3.64. The van der Waals surface area contributed by atoms with Crippen molar-refractivity contribution >= 4 is 34.2 Å². The minimum atomic E-state index is -0.784. The molecule has 154 valence electrons. The largest absolute Gasteiger partial charge is 0.450 e. The van der Waals surface area contributed by atoms with E-state index >= 15 is 0 Å². The second-order valence-corrected chi connectivity index (χ2v) is 8.61. The lowest BCUT2D eigenvalue weighted by molar-refractivity contribution is 0.0925.